The molecule has 10 radical (unpaired) electrons. The van der Waals surface area contributed by atoms with Crippen LogP contribution in [0, 0.1) is 86.4 Å². The molecule has 4 fully saturated rings. The van der Waals surface area contributed by atoms with Gasteiger partial charge in [0.15, 0.2) is 0 Å². The van der Waals surface area contributed by atoms with Gasteiger partial charge < -0.3 is 0 Å². The number of rotatable bonds is 6. The van der Waals surface area contributed by atoms with Crippen LogP contribution in [0.4, 0.5) is 0 Å². The molecular weight excluding hydrogens is 478 g/mol. The van der Waals surface area contributed by atoms with Crippen molar-refractivity contribution >= 4 is 15.8 Å². The van der Waals surface area contributed by atoms with Crippen LogP contribution in [0.1, 0.15) is 81.1 Å². The molecule has 0 bridgehead atoms. The van der Waals surface area contributed by atoms with Gasteiger partial charge in [-0.2, -0.15) is 0 Å². The van der Waals surface area contributed by atoms with Crippen molar-refractivity contribution in [2.75, 3.05) is 0 Å². The molecule has 0 spiro atoms. The topological polar surface area (TPSA) is 0 Å². The molecule has 0 aromatic heterocycles. The van der Waals surface area contributed by atoms with Crippen LogP contribution < -0.4 is 0 Å². The molecule has 0 aromatic carbocycles. The average molecular weight is 527 g/mol. The summed E-state index contributed by atoms with van der Waals surface area (Å²) in [5.41, 5.74) is 7.17. The molecule has 2 heterocycles. The first-order chi connectivity index (χ1) is 15.2. The first-order valence-corrected chi connectivity index (χ1v) is 16.2. The molecule has 2 saturated carbocycles. The Balaban J connectivity index is 0.000000227. The fourth-order valence-electron chi connectivity index (χ4n) is 6.19. The second-order valence-corrected chi connectivity index (χ2v) is 16.8. The van der Waals surface area contributed by atoms with Crippen LogP contribution in [0.5, 0.6) is 0 Å². The summed E-state index contributed by atoms with van der Waals surface area (Å²) in [5.74, 6) is 3.41. The maximum atomic E-state index is 2.41. The molecule has 0 aromatic rings. The van der Waals surface area contributed by atoms with E-state index < -0.39 is 0 Å². The van der Waals surface area contributed by atoms with E-state index in [0.29, 0.717) is 0 Å². The third-order valence-corrected chi connectivity index (χ3v) is 16.0. The minimum Gasteiger partial charge on any atom is -0.0919 e. The van der Waals surface area contributed by atoms with E-state index in [4.69, 9.17) is 0 Å². The fraction of sp³-hybridized carbons (Fsp3) is 0.667. The Hall–Kier alpha value is 1.38. The molecule has 0 nitrogen and oxygen atoms in total. The van der Waals surface area contributed by atoms with Crippen LogP contribution in [0.25, 0.3) is 0 Å². The molecular formula is C30H48FeP2. The van der Waals surface area contributed by atoms with Gasteiger partial charge in [-0.1, -0.05) is 71.2 Å². The molecule has 0 unspecified atom stereocenters. The van der Waals surface area contributed by atoms with Crippen molar-refractivity contribution in [2.45, 2.75) is 104 Å². The van der Waals surface area contributed by atoms with E-state index in [9.17, 15) is 0 Å². The van der Waals surface area contributed by atoms with E-state index in [1.807, 2.05) is 0 Å². The zero-order valence-corrected chi connectivity index (χ0v) is 25.2. The molecule has 2 saturated heterocycles. The van der Waals surface area contributed by atoms with Crippen molar-refractivity contribution in [2.24, 2.45) is 23.7 Å². The van der Waals surface area contributed by atoms with Crippen LogP contribution in [0.2, 0.25) is 0 Å². The van der Waals surface area contributed by atoms with E-state index in [1.165, 1.54) is 25.7 Å². The maximum absolute atomic E-state index is 2.41. The Kier molecular flexibility index (Phi) is 13.3. The quantitative estimate of drug-likeness (QED) is 0.239. The predicted octanol–water partition coefficient (Wildman–Crippen LogP) is 9.35. The Morgan fingerprint density at radius 1 is 0.485 bits per heavy atom. The van der Waals surface area contributed by atoms with Crippen molar-refractivity contribution in [3.8, 4) is 0 Å². The summed E-state index contributed by atoms with van der Waals surface area (Å²) in [6.07, 6.45) is 24.1. The van der Waals surface area contributed by atoms with Crippen molar-refractivity contribution in [1.82, 2.24) is 0 Å². The second-order valence-electron chi connectivity index (χ2n) is 11.5. The predicted molar refractivity (Wildman–Crippen MR) is 148 cm³/mol. The molecule has 3 heteroatoms. The van der Waals surface area contributed by atoms with E-state index in [-0.39, 0.29) is 32.9 Å². The van der Waals surface area contributed by atoms with E-state index in [0.717, 1.165) is 46.3 Å². The van der Waals surface area contributed by atoms with Crippen molar-refractivity contribution in [3.63, 3.8) is 0 Å². The van der Waals surface area contributed by atoms with E-state index >= 15 is 0 Å². The van der Waals surface area contributed by atoms with Crippen LogP contribution in [0.15, 0.2) is 0 Å². The summed E-state index contributed by atoms with van der Waals surface area (Å²) in [5, 5.41) is 0. The van der Waals surface area contributed by atoms with Gasteiger partial charge in [-0.15, -0.1) is 0 Å². The van der Waals surface area contributed by atoms with Crippen molar-refractivity contribution < 1.29 is 17.1 Å². The third-order valence-electron chi connectivity index (χ3n) is 7.91. The van der Waals surface area contributed by atoms with E-state index in [1.54, 1.807) is 11.3 Å². The van der Waals surface area contributed by atoms with Gasteiger partial charge in [0.2, 0.25) is 0 Å². The standard InChI is InChI=1S/2C15H24P.Fe/c2*1-11(2)14-9-10-15(12(3)4)16(14)13-7-5-6-8-13;/h2*5-8,11-12,14-15H,9-10H2,1-4H3;/t2*14-,15-;/m11./s1. The second kappa shape index (κ2) is 14.4. The Morgan fingerprint density at radius 3 is 0.879 bits per heavy atom. The largest absolute Gasteiger partial charge is 0.0919 e. The summed E-state index contributed by atoms with van der Waals surface area (Å²) in [7, 11) is 0.182. The normalized spacial score (nSPS) is 32.4. The zero-order valence-electron chi connectivity index (χ0n) is 22.3. The summed E-state index contributed by atoms with van der Waals surface area (Å²) in [6, 6.07) is 0. The van der Waals surface area contributed by atoms with Crippen molar-refractivity contribution in [1.29, 1.82) is 0 Å². The minimum atomic E-state index is 0. The van der Waals surface area contributed by atoms with Gasteiger partial charge in [0, 0.05) is 28.4 Å². The summed E-state index contributed by atoms with van der Waals surface area (Å²) in [6.45, 7) is 19.3. The van der Waals surface area contributed by atoms with Gasteiger partial charge in [-0.25, -0.2) is 0 Å². The molecule has 186 valence electrons. The maximum Gasteiger partial charge on any atom is 0.00805 e. The summed E-state index contributed by atoms with van der Waals surface area (Å²) < 4.78 is 0. The van der Waals surface area contributed by atoms with Crippen LogP contribution in [-0.4, -0.2) is 22.6 Å². The Labute approximate surface area is 222 Å². The molecule has 4 rings (SSSR count). The average Bonchev–Trinajstić information content (AvgIpc) is 3.54. The first kappa shape index (κ1) is 30.6. The third kappa shape index (κ3) is 7.69. The SMILES string of the molecule is CC(C)[C@H]1CC[C@H](C(C)C)P1[C]1[CH][CH][CH][CH]1.CC(C)[C@H]1CC[C@H](C(C)C)P1[C]1[CH][CH][CH][CH]1.[Fe]. The van der Waals surface area contributed by atoms with Gasteiger partial charge in [0.05, 0.1) is 0 Å². The van der Waals surface area contributed by atoms with Gasteiger partial charge in [-0.05, 0) is 123 Å². The van der Waals surface area contributed by atoms with Crippen LogP contribution in [0.3, 0.4) is 0 Å². The first-order valence-electron chi connectivity index (χ1n) is 13.2. The van der Waals surface area contributed by atoms with Crippen LogP contribution in [-0.2, 0) is 17.1 Å². The van der Waals surface area contributed by atoms with Crippen molar-refractivity contribution in [3.05, 3.63) is 62.7 Å². The fourth-order valence-corrected chi connectivity index (χ4v) is 14.0. The number of hydrogen-bond acceptors (Lipinski definition) is 0. The minimum absolute atomic E-state index is 0. The van der Waals surface area contributed by atoms with Gasteiger partial charge in [0.1, 0.15) is 0 Å². The molecule has 0 N–H and O–H groups in total. The van der Waals surface area contributed by atoms with Gasteiger partial charge >= 0.3 is 0 Å². The Bertz CT molecular complexity index is 453. The smallest absolute Gasteiger partial charge is 0.00805 e. The van der Waals surface area contributed by atoms with E-state index in [2.05, 4.69) is 107 Å². The molecule has 4 atom stereocenters. The molecule has 4 aliphatic rings. The summed E-state index contributed by atoms with van der Waals surface area (Å²) >= 11 is 0. The molecule has 2 aliphatic heterocycles. The molecule has 2 aliphatic carbocycles. The van der Waals surface area contributed by atoms with Gasteiger partial charge in [-0.3, -0.25) is 0 Å². The molecule has 33 heavy (non-hydrogen) atoms. The Morgan fingerprint density at radius 2 is 0.697 bits per heavy atom. The monoisotopic (exact) mass is 526 g/mol. The number of hydrogen-bond donors (Lipinski definition) is 0. The summed E-state index contributed by atoms with van der Waals surface area (Å²) in [4.78, 5) is 0. The van der Waals surface area contributed by atoms with Gasteiger partial charge in [0.25, 0.3) is 0 Å². The zero-order chi connectivity index (χ0) is 23.4. The molecule has 0 amide bonds. The van der Waals surface area contributed by atoms with Crippen LogP contribution >= 0.6 is 15.8 Å².